The predicted molar refractivity (Wildman–Crippen MR) is 68.3 cm³/mol. The average Bonchev–Trinajstić information content (AvgIpc) is 2.24. The molecule has 0 saturated heterocycles. The molecule has 4 heteroatoms. The van der Waals surface area contributed by atoms with E-state index < -0.39 is 17.5 Å². The van der Waals surface area contributed by atoms with Crippen LogP contribution in [0.5, 0.6) is 0 Å². The lowest BCUT2D eigenvalue weighted by Gasteiger charge is -2.20. The van der Waals surface area contributed by atoms with Gasteiger partial charge in [-0.1, -0.05) is 18.2 Å². The molecule has 0 atom stereocenters. The number of carboxylic acids is 1. The molecular weight excluding hydrogens is 232 g/mol. The second-order valence-corrected chi connectivity index (χ2v) is 4.76. The molecule has 0 fully saturated rings. The molecule has 1 rings (SSSR count). The maximum Gasteiger partial charge on any atom is 0.339 e. The molecule has 0 heterocycles. The fourth-order valence-electron chi connectivity index (χ4n) is 1.32. The summed E-state index contributed by atoms with van der Waals surface area (Å²) < 4.78 is 5.25. The molecule has 0 radical (unpaired) electrons. The minimum Gasteiger partial charge on any atom is -0.478 e. The topological polar surface area (TPSA) is 63.6 Å². The van der Waals surface area contributed by atoms with Gasteiger partial charge in [-0.2, -0.15) is 0 Å². The van der Waals surface area contributed by atoms with Crippen molar-refractivity contribution in [2.45, 2.75) is 26.4 Å². The summed E-state index contributed by atoms with van der Waals surface area (Å²) in [4.78, 5) is 22.4. The molecule has 0 amide bonds. The van der Waals surface area contributed by atoms with Gasteiger partial charge >= 0.3 is 11.9 Å². The Labute approximate surface area is 106 Å². The Balaban J connectivity index is 3.02. The van der Waals surface area contributed by atoms with Crippen LogP contribution < -0.4 is 0 Å². The second kappa shape index (κ2) is 5.49. The van der Waals surface area contributed by atoms with Crippen molar-refractivity contribution < 1.29 is 19.4 Å². The van der Waals surface area contributed by atoms with Crippen LogP contribution in [0.1, 0.15) is 36.7 Å². The minimum absolute atomic E-state index is 0.352. The highest BCUT2D eigenvalue weighted by Gasteiger charge is 2.19. The monoisotopic (exact) mass is 248 g/mol. The first kappa shape index (κ1) is 14.0. The van der Waals surface area contributed by atoms with Gasteiger partial charge in [0.15, 0.2) is 0 Å². The summed E-state index contributed by atoms with van der Waals surface area (Å²) in [6.45, 7) is 5.34. The number of aliphatic carboxylic acids is 1. The lowest BCUT2D eigenvalue weighted by Crippen LogP contribution is -2.24. The summed E-state index contributed by atoms with van der Waals surface area (Å²) in [7, 11) is 0. The molecular formula is C14H16O4. The molecule has 0 aliphatic rings. The fourth-order valence-corrected chi connectivity index (χ4v) is 1.32. The summed E-state index contributed by atoms with van der Waals surface area (Å²) in [6.07, 6.45) is 2.37. The Morgan fingerprint density at radius 3 is 2.39 bits per heavy atom. The highest BCUT2D eigenvalue weighted by molar-refractivity contribution is 5.95. The third-order valence-electron chi connectivity index (χ3n) is 1.99. The molecule has 0 spiro atoms. The van der Waals surface area contributed by atoms with Crippen molar-refractivity contribution in [3.8, 4) is 0 Å². The molecule has 0 aliphatic heterocycles. The number of ether oxygens (including phenoxy) is 1. The Hall–Kier alpha value is -2.10. The third-order valence-corrected chi connectivity index (χ3v) is 1.99. The summed E-state index contributed by atoms with van der Waals surface area (Å²) in [5, 5.41) is 8.59. The predicted octanol–water partition coefficient (Wildman–Crippen LogP) is 2.74. The Kier molecular flexibility index (Phi) is 4.26. The average molecular weight is 248 g/mol. The van der Waals surface area contributed by atoms with Gasteiger partial charge in [-0.3, -0.25) is 0 Å². The van der Waals surface area contributed by atoms with E-state index in [4.69, 9.17) is 9.84 Å². The van der Waals surface area contributed by atoms with Crippen LogP contribution in [0.3, 0.4) is 0 Å². The molecule has 1 aromatic carbocycles. The zero-order valence-electron chi connectivity index (χ0n) is 10.6. The van der Waals surface area contributed by atoms with Crippen LogP contribution in [0.2, 0.25) is 0 Å². The highest BCUT2D eigenvalue weighted by Crippen LogP contribution is 2.16. The summed E-state index contributed by atoms with van der Waals surface area (Å²) in [5.74, 6) is -1.53. The van der Waals surface area contributed by atoms with Crippen LogP contribution in [0.4, 0.5) is 0 Å². The molecule has 1 N–H and O–H groups in total. The van der Waals surface area contributed by atoms with Crippen molar-refractivity contribution in [1.82, 2.24) is 0 Å². The van der Waals surface area contributed by atoms with E-state index in [0.29, 0.717) is 11.1 Å². The van der Waals surface area contributed by atoms with E-state index in [0.717, 1.165) is 6.08 Å². The number of rotatable bonds is 3. The number of carbonyl (C=O) groups excluding carboxylic acids is 1. The summed E-state index contributed by atoms with van der Waals surface area (Å²) in [5.41, 5.74) is 0.292. The number of hydrogen-bond acceptors (Lipinski definition) is 3. The van der Waals surface area contributed by atoms with Crippen molar-refractivity contribution >= 4 is 18.0 Å². The second-order valence-electron chi connectivity index (χ2n) is 4.76. The molecule has 1 aromatic rings. The van der Waals surface area contributed by atoms with Crippen molar-refractivity contribution in [3.05, 3.63) is 41.5 Å². The molecule has 18 heavy (non-hydrogen) atoms. The molecule has 0 aromatic heterocycles. The molecule has 0 unspecified atom stereocenters. The first-order valence-electron chi connectivity index (χ1n) is 5.53. The van der Waals surface area contributed by atoms with Crippen LogP contribution in [-0.2, 0) is 9.53 Å². The van der Waals surface area contributed by atoms with Crippen molar-refractivity contribution in [3.63, 3.8) is 0 Å². The van der Waals surface area contributed by atoms with E-state index in [-0.39, 0.29) is 0 Å². The molecule has 0 saturated carbocycles. The van der Waals surface area contributed by atoms with Gasteiger partial charge in [0, 0.05) is 6.08 Å². The van der Waals surface area contributed by atoms with Crippen LogP contribution in [-0.4, -0.2) is 22.6 Å². The minimum atomic E-state index is -1.06. The number of esters is 1. The number of benzene rings is 1. The van der Waals surface area contributed by atoms with E-state index in [1.54, 1.807) is 45.0 Å². The smallest absolute Gasteiger partial charge is 0.339 e. The zero-order chi connectivity index (χ0) is 13.8. The van der Waals surface area contributed by atoms with Gasteiger partial charge in [0.1, 0.15) is 5.60 Å². The van der Waals surface area contributed by atoms with Gasteiger partial charge in [0.2, 0.25) is 0 Å². The highest BCUT2D eigenvalue weighted by atomic mass is 16.6. The van der Waals surface area contributed by atoms with Crippen LogP contribution in [0, 0.1) is 0 Å². The number of hydrogen-bond donors (Lipinski definition) is 1. The zero-order valence-corrected chi connectivity index (χ0v) is 10.6. The molecule has 96 valence electrons. The summed E-state index contributed by atoms with van der Waals surface area (Å²) >= 11 is 0. The number of carbonyl (C=O) groups is 2. The Morgan fingerprint density at radius 2 is 1.83 bits per heavy atom. The van der Waals surface area contributed by atoms with Crippen molar-refractivity contribution in [2.75, 3.05) is 0 Å². The van der Waals surface area contributed by atoms with Crippen LogP contribution >= 0.6 is 0 Å². The Bertz CT molecular complexity index is 481. The van der Waals surface area contributed by atoms with E-state index in [9.17, 15) is 9.59 Å². The normalized spacial score (nSPS) is 11.5. The third kappa shape index (κ3) is 4.41. The van der Waals surface area contributed by atoms with Gasteiger partial charge in [0.25, 0.3) is 0 Å². The van der Waals surface area contributed by atoms with Gasteiger partial charge < -0.3 is 9.84 Å². The van der Waals surface area contributed by atoms with Gasteiger partial charge in [-0.15, -0.1) is 0 Å². The molecule has 0 bridgehead atoms. The van der Waals surface area contributed by atoms with Crippen LogP contribution in [0.25, 0.3) is 6.08 Å². The van der Waals surface area contributed by atoms with Gasteiger partial charge in [0.05, 0.1) is 5.56 Å². The first-order chi connectivity index (χ1) is 8.29. The maximum absolute atomic E-state index is 11.9. The van der Waals surface area contributed by atoms with E-state index >= 15 is 0 Å². The van der Waals surface area contributed by atoms with E-state index in [1.807, 2.05) is 0 Å². The van der Waals surface area contributed by atoms with Crippen LogP contribution in [0.15, 0.2) is 30.3 Å². The summed E-state index contributed by atoms with van der Waals surface area (Å²) in [6, 6.07) is 6.71. The standard InChI is InChI=1S/C14H16O4/c1-14(2,3)18-13(17)11-7-5-4-6-10(11)8-9-12(15)16/h4-9H,1-3H3,(H,15,16). The van der Waals surface area contributed by atoms with E-state index in [1.165, 1.54) is 6.08 Å². The maximum atomic E-state index is 11.9. The fraction of sp³-hybridized carbons (Fsp3) is 0.286. The number of carboxylic acid groups (broad SMARTS) is 1. The first-order valence-corrected chi connectivity index (χ1v) is 5.53. The van der Waals surface area contributed by atoms with E-state index in [2.05, 4.69) is 0 Å². The molecule has 0 aliphatic carbocycles. The molecule has 4 nitrogen and oxygen atoms in total. The lowest BCUT2D eigenvalue weighted by atomic mass is 10.1. The Morgan fingerprint density at radius 1 is 1.22 bits per heavy atom. The largest absolute Gasteiger partial charge is 0.478 e. The SMILES string of the molecule is CC(C)(C)OC(=O)c1ccccc1C=CC(=O)O. The van der Waals surface area contributed by atoms with Gasteiger partial charge in [-0.05, 0) is 38.5 Å². The van der Waals surface area contributed by atoms with Crippen molar-refractivity contribution in [2.24, 2.45) is 0 Å². The van der Waals surface area contributed by atoms with Crippen molar-refractivity contribution in [1.29, 1.82) is 0 Å². The quantitative estimate of drug-likeness (QED) is 0.660. The lowest BCUT2D eigenvalue weighted by molar-refractivity contribution is -0.131. The van der Waals surface area contributed by atoms with Gasteiger partial charge in [-0.25, -0.2) is 9.59 Å².